The van der Waals surface area contributed by atoms with Gasteiger partial charge in [0.1, 0.15) is 0 Å². The summed E-state index contributed by atoms with van der Waals surface area (Å²) in [6.45, 7) is 3.52. The van der Waals surface area contributed by atoms with Crippen LogP contribution in [-0.4, -0.2) is 30.7 Å². The zero-order chi connectivity index (χ0) is 9.38. The topological polar surface area (TPSA) is 28.2 Å². The van der Waals surface area contributed by atoms with Crippen LogP contribution in [0, 0.1) is 5.92 Å². The van der Waals surface area contributed by atoms with Crippen molar-refractivity contribution in [2.45, 2.75) is 12.5 Å². The quantitative estimate of drug-likeness (QED) is 0.711. The molecule has 1 N–H and O–H groups in total. The van der Waals surface area contributed by atoms with Crippen LogP contribution in [0.15, 0.2) is 24.5 Å². The van der Waals surface area contributed by atoms with Crippen molar-refractivity contribution in [1.29, 1.82) is 0 Å². The molecule has 74 valence electrons. The first kappa shape index (κ1) is 8.24. The van der Waals surface area contributed by atoms with Crippen LogP contribution in [0.25, 0.3) is 0 Å². The molecule has 2 fully saturated rings. The van der Waals surface area contributed by atoms with Crippen molar-refractivity contribution in [3.63, 3.8) is 0 Å². The van der Waals surface area contributed by atoms with E-state index in [1.54, 1.807) is 0 Å². The van der Waals surface area contributed by atoms with E-state index in [4.69, 9.17) is 0 Å². The van der Waals surface area contributed by atoms with Crippen molar-refractivity contribution in [3.05, 3.63) is 24.5 Å². The molecule has 2 saturated heterocycles. The first-order chi connectivity index (χ1) is 6.93. The molecule has 0 spiro atoms. The maximum Gasteiger partial charge on any atom is 0.0555 e. The number of hydrogen-bond donors (Lipinski definition) is 1. The van der Waals surface area contributed by atoms with Gasteiger partial charge in [0.15, 0.2) is 0 Å². The third kappa shape index (κ3) is 1.28. The molecule has 0 saturated carbocycles. The van der Waals surface area contributed by atoms with Gasteiger partial charge in [0.05, 0.1) is 11.9 Å². The summed E-state index contributed by atoms with van der Waals surface area (Å²) < 4.78 is 0. The Kier molecular flexibility index (Phi) is 1.91. The minimum Gasteiger partial charge on any atom is -0.366 e. The van der Waals surface area contributed by atoms with Crippen LogP contribution < -0.4 is 10.2 Å². The van der Waals surface area contributed by atoms with E-state index in [2.05, 4.69) is 21.3 Å². The molecule has 2 aliphatic heterocycles. The Morgan fingerprint density at radius 2 is 2.43 bits per heavy atom. The summed E-state index contributed by atoms with van der Waals surface area (Å²) in [5, 5.41) is 3.48. The summed E-state index contributed by atoms with van der Waals surface area (Å²) in [4.78, 5) is 6.68. The molecule has 3 heterocycles. The van der Waals surface area contributed by atoms with Gasteiger partial charge in [-0.05, 0) is 31.0 Å². The predicted molar refractivity (Wildman–Crippen MR) is 56.3 cm³/mol. The van der Waals surface area contributed by atoms with E-state index in [1.807, 2.05) is 18.5 Å². The Morgan fingerprint density at radius 1 is 1.43 bits per heavy atom. The van der Waals surface area contributed by atoms with E-state index in [0.717, 1.165) is 12.5 Å². The molecule has 2 bridgehead atoms. The number of pyridine rings is 1. The van der Waals surface area contributed by atoms with Crippen LogP contribution in [0.2, 0.25) is 0 Å². The maximum atomic E-state index is 4.18. The van der Waals surface area contributed by atoms with Gasteiger partial charge in [-0.1, -0.05) is 0 Å². The number of anilines is 1. The molecule has 0 aromatic carbocycles. The summed E-state index contributed by atoms with van der Waals surface area (Å²) in [5.74, 6) is 0.842. The van der Waals surface area contributed by atoms with Gasteiger partial charge in [0.2, 0.25) is 0 Å². The second-order valence-corrected chi connectivity index (χ2v) is 4.28. The first-order valence-corrected chi connectivity index (χ1v) is 5.31. The van der Waals surface area contributed by atoms with Crippen molar-refractivity contribution >= 4 is 5.69 Å². The zero-order valence-corrected chi connectivity index (χ0v) is 8.19. The molecular formula is C11H15N3. The van der Waals surface area contributed by atoms with Gasteiger partial charge in [-0.2, -0.15) is 0 Å². The summed E-state index contributed by atoms with van der Waals surface area (Å²) >= 11 is 0. The Labute approximate surface area is 84.1 Å². The number of nitrogens with one attached hydrogen (secondary N) is 1. The van der Waals surface area contributed by atoms with Crippen LogP contribution in [-0.2, 0) is 0 Å². The molecule has 14 heavy (non-hydrogen) atoms. The lowest BCUT2D eigenvalue weighted by molar-refractivity contribution is 0.434. The summed E-state index contributed by atoms with van der Waals surface area (Å²) in [7, 11) is 0. The van der Waals surface area contributed by atoms with Crippen LogP contribution in [0.5, 0.6) is 0 Å². The van der Waals surface area contributed by atoms with Gasteiger partial charge in [-0.3, -0.25) is 4.98 Å². The third-order valence-electron chi connectivity index (χ3n) is 3.29. The minimum atomic E-state index is 0.693. The second kappa shape index (κ2) is 3.24. The lowest BCUT2D eigenvalue weighted by atomic mass is 10.0. The Bertz CT molecular complexity index is 312. The number of aromatic nitrogens is 1. The summed E-state index contributed by atoms with van der Waals surface area (Å²) in [6.07, 6.45) is 5.16. The van der Waals surface area contributed by atoms with Gasteiger partial charge < -0.3 is 10.2 Å². The predicted octanol–water partition coefficient (Wildman–Crippen LogP) is 0.880. The SMILES string of the molecule is c1cncc(N2C[C@H]3CNC[C@H]2C3)c1. The molecular weight excluding hydrogens is 174 g/mol. The van der Waals surface area contributed by atoms with Gasteiger partial charge >= 0.3 is 0 Å². The van der Waals surface area contributed by atoms with Crippen LogP contribution in [0.1, 0.15) is 6.42 Å². The molecule has 3 heteroatoms. The number of hydrogen-bond acceptors (Lipinski definition) is 3. The summed E-state index contributed by atoms with van der Waals surface area (Å²) in [6, 6.07) is 4.87. The van der Waals surface area contributed by atoms with E-state index < -0.39 is 0 Å². The number of nitrogens with zero attached hydrogens (tertiary/aromatic N) is 2. The molecule has 1 aromatic rings. The highest BCUT2D eigenvalue weighted by atomic mass is 15.2. The fourth-order valence-corrected chi connectivity index (χ4v) is 2.65. The molecule has 1 aromatic heterocycles. The van der Waals surface area contributed by atoms with Gasteiger partial charge in [-0.15, -0.1) is 0 Å². The van der Waals surface area contributed by atoms with Crippen LogP contribution in [0.3, 0.4) is 0 Å². The molecule has 0 amide bonds. The van der Waals surface area contributed by atoms with Crippen LogP contribution >= 0.6 is 0 Å². The van der Waals surface area contributed by atoms with Gasteiger partial charge in [0.25, 0.3) is 0 Å². The number of piperidine rings is 1. The van der Waals surface area contributed by atoms with E-state index in [-0.39, 0.29) is 0 Å². The molecule has 2 aliphatic rings. The van der Waals surface area contributed by atoms with E-state index in [0.29, 0.717) is 6.04 Å². The third-order valence-corrected chi connectivity index (χ3v) is 3.29. The van der Waals surface area contributed by atoms with Crippen molar-refractivity contribution in [2.75, 3.05) is 24.5 Å². The zero-order valence-electron chi connectivity index (χ0n) is 8.19. The second-order valence-electron chi connectivity index (χ2n) is 4.28. The fraction of sp³-hybridized carbons (Fsp3) is 0.545. The largest absolute Gasteiger partial charge is 0.366 e. The van der Waals surface area contributed by atoms with Crippen molar-refractivity contribution in [2.24, 2.45) is 5.92 Å². The Morgan fingerprint density at radius 3 is 3.21 bits per heavy atom. The number of fused-ring (bicyclic) bond motifs is 2. The average molecular weight is 189 g/mol. The molecule has 3 nitrogen and oxygen atoms in total. The van der Waals surface area contributed by atoms with Crippen molar-refractivity contribution < 1.29 is 0 Å². The van der Waals surface area contributed by atoms with E-state index in [1.165, 1.54) is 25.2 Å². The standard InChI is InChI=1S/C11H15N3/c1-2-10(6-12-3-1)14-8-9-4-11(14)7-13-5-9/h1-3,6,9,11,13H,4-5,7-8H2/t9-,11-/m1/s1. The lowest BCUT2D eigenvalue weighted by Gasteiger charge is -2.26. The maximum absolute atomic E-state index is 4.18. The van der Waals surface area contributed by atoms with Crippen molar-refractivity contribution in [1.82, 2.24) is 10.3 Å². The Balaban J connectivity index is 1.86. The van der Waals surface area contributed by atoms with Crippen LogP contribution in [0.4, 0.5) is 5.69 Å². The van der Waals surface area contributed by atoms with E-state index in [9.17, 15) is 0 Å². The highest BCUT2D eigenvalue weighted by Crippen LogP contribution is 2.30. The highest BCUT2D eigenvalue weighted by molar-refractivity contribution is 5.46. The average Bonchev–Trinajstić information content (AvgIpc) is 2.55. The normalized spacial score (nSPS) is 30.7. The lowest BCUT2D eigenvalue weighted by Crippen LogP contribution is -2.39. The molecule has 0 radical (unpaired) electrons. The summed E-state index contributed by atoms with van der Waals surface area (Å²) in [5.41, 5.74) is 1.28. The smallest absolute Gasteiger partial charge is 0.0555 e. The molecule has 3 rings (SSSR count). The fourth-order valence-electron chi connectivity index (χ4n) is 2.65. The minimum absolute atomic E-state index is 0.693. The molecule has 0 aliphatic carbocycles. The van der Waals surface area contributed by atoms with Gasteiger partial charge in [-0.25, -0.2) is 0 Å². The molecule has 2 atom stereocenters. The highest BCUT2D eigenvalue weighted by Gasteiger charge is 2.34. The number of rotatable bonds is 1. The van der Waals surface area contributed by atoms with E-state index >= 15 is 0 Å². The van der Waals surface area contributed by atoms with Crippen molar-refractivity contribution in [3.8, 4) is 0 Å². The van der Waals surface area contributed by atoms with Gasteiger partial charge in [0, 0.05) is 25.3 Å². The first-order valence-electron chi connectivity index (χ1n) is 5.31. The molecule has 0 unspecified atom stereocenters. The monoisotopic (exact) mass is 189 g/mol. The Hall–Kier alpha value is -1.09.